The van der Waals surface area contributed by atoms with Crippen LogP contribution in [-0.4, -0.2) is 32.7 Å². The molecule has 0 saturated heterocycles. The highest BCUT2D eigenvalue weighted by molar-refractivity contribution is 5.99. The number of hydrogen-bond acceptors (Lipinski definition) is 5. The van der Waals surface area contributed by atoms with Gasteiger partial charge in [-0.25, -0.2) is 4.68 Å². The van der Waals surface area contributed by atoms with Crippen molar-refractivity contribution in [2.45, 2.75) is 33.2 Å². The molecule has 0 atom stereocenters. The van der Waals surface area contributed by atoms with Gasteiger partial charge in [0.1, 0.15) is 0 Å². The highest BCUT2D eigenvalue weighted by atomic mass is 16.5. The van der Waals surface area contributed by atoms with E-state index in [2.05, 4.69) is 21.8 Å². The standard InChI is InChI=1S/C27H27N3O4/c1-18-15-23(19(2)30(18)14-13-20-9-5-4-6-10-20)25(31)17-34-26(32)16-24-21-11-7-8-12-22(21)27(33)29(3)28-24/h4-12,15H,13-14,16-17H2,1-3H3. The summed E-state index contributed by atoms with van der Waals surface area (Å²) in [4.78, 5) is 37.6. The van der Waals surface area contributed by atoms with Crippen molar-refractivity contribution in [2.24, 2.45) is 7.05 Å². The molecule has 0 amide bonds. The first-order valence-corrected chi connectivity index (χ1v) is 11.2. The molecule has 2 aromatic carbocycles. The van der Waals surface area contributed by atoms with Crippen molar-refractivity contribution in [1.29, 1.82) is 0 Å². The van der Waals surface area contributed by atoms with Crippen molar-refractivity contribution in [3.63, 3.8) is 0 Å². The third-order valence-corrected chi connectivity index (χ3v) is 6.05. The highest BCUT2D eigenvalue weighted by Crippen LogP contribution is 2.18. The molecule has 174 valence electrons. The van der Waals surface area contributed by atoms with Gasteiger partial charge < -0.3 is 9.30 Å². The largest absolute Gasteiger partial charge is 0.457 e. The molecule has 0 radical (unpaired) electrons. The number of rotatable bonds is 8. The lowest BCUT2D eigenvalue weighted by Crippen LogP contribution is -2.23. The topological polar surface area (TPSA) is 83.2 Å². The fourth-order valence-electron chi connectivity index (χ4n) is 4.23. The number of Topliss-reactive ketones (excluding diaryl/α,β-unsaturated/α-hetero) is 1. The Bertz CT molecular complexity index is 1420. The summed E-state index contributed by atoms with van der Waals surface area (Å²) >= 11 is 0. The molecule has 0 aliphatic carbocycles. The summed E-state index contributed by atoms with van der Waals surface area (Å²) in [7, 11) is 1.54. The molecule has 7 heteroatoms. The summed E-state index contributed by atoms with van der Waals surface area (Å²) in [5.74, 6) is -0.812. The van der Waals surface area contributed by atoms with E-state index in [9.17, 15) is 14.4 Å². The summed E-state index contributed by atoms with van der Waals surface area (Å²) in [6.45, 7) is 4.30. The van der Waals surface area contributed by atoms with Crippen molar-refractivity contribution in [1.82, 2.24) is 14.3 Å². The minimum absolute atomic E-state index is 0.127. The fourth-order valence-corrected chi connectivity index (χ4v) is 4.23. The number of carbonyl (C=O) groups excluding carboxylic acids is 2. The first-order valence-electron chi connectivity index (χ1n) is 11.2. The average Bonchev–Trinajstić information content (AvgIpc) is 3.13. The Kier molecular flexibility index (Phi) is 6.72. The number of benzene rings is 2. The van der Waals surface area contributed by atoms with Crippen LogP contribution in [0.15, 0.2) is 65.5 Å². The Labute approximate surface area is 197 Å². The van der Waals surface area contributed by atoms with Crippen LogP contribution in [0.1, 0.15) is 33.0 Å². The van der Waals surface area contributed by atoms with Gasteiger partial charge in [-0.15, -0.1) is 0 Å². The van der Waals surface area contributed by atoms with Crippen molar-refractivity contribution in [3.8, 4) is 0 Å². The van der Waals surface area contributed by atoms with Gasteiger partial charge in [0, 0.05) is 35.9 Å². The molecule has 0 bridgehead atoms. The van der Waals surface area contributed by atoms with Gasteiger partial charge in [-0.3, -0.25) is 14.4 Å². The van der Waals surface area contributed by atoms with Crippen LogP contribution >= 0.6 is 0 Å². The zero-order valence-electron chi connectivity index (χ0n) is 19.6. The van der Waals surface area contributed by atoms with Gasteiger partial charge in [0.05, 0.1) is 17.5 Å². The van der Waals surface area contributed by atoms with E-state index in [1.807, 2.05) is 38.1 Å². The van der Waals surface area contributed by atoms with Gasteiger partial charge in [-0.05, 0) is 38.0 Å². The van der Waals surface area contributed by atoms with Gasteiger partial charge >= 0.3 is 5.97 Å². The van der Waals surface area contributed by atoms with E-state index >= 15 is 0 Å². The molecule has 0 spiro atoms. The average molecular weight is 458 g/mol. The quantitative estimate of drug-likeness (QED) is 0.298. The van der Waals surface area contributed by atoms with Gasteiger partial charge in [-0.1, -0.05) is 48.5 Å². The van der Waals surface area contributed by atoms with E-state index in [1.165, 1.54) is 10.2 Å². The third-order valence-electron chi connectivity index (χ3n) is 6.05. The van der Waals surface area contributed by atoms with Gasteiger partial charge in [0.2, 0.25) is 5.78 Å². The van der Waals surface area contributed by atoms with E-state index in [0.717, 1.165) is 24.4 Å². The summed E-state index contributed by atoms with van der Waals surface area (Å²) < 4.78 is 8.61. The predicted octanol–water partition coefficient (Wildman–Crippen LogP) is 3.56. The third kappa shape index (κ3) is 4.83. The number of esters is 1. The molecule has 2 heterocycles. The zero-order valence-corrected chi connectivity index (χ0v) is 19.6. The fraction of sp³-hybridized carbons (Fsp3) is 0.259. The van der Waals surface area contributed by atoms with Crippen LogP contribution in [0.4, 0.5) is 0 Å². The summed E-state index contributed by atoms with van der Waals surface area (Å²) in [6.07, 6.45) is 0.734. The van der Waals surface area contributed by atoms with E-state index < -0.39 is 5.97 Å². The normalized spacial score (nSPS) is 11.0. The van der Waals surface area contributed by atoms with Gasteiger partial charge in [0.15, 0.2) is 6.61 Å². The number of aromatic nitrogens is 3. The maximum absolute atomic E-state index is 12.8. The lowest BCUT2D eigenvalue weighted by Gasteiger charge is -2.10. The molecule has 0 N–H and O–H groups in total. The molecule has 0 aliphatic heterocycles. The second-order valence-electron chi connectivity index (χ2n) is 8.35. The molecule has 0 saturated carbocycles. The molecule has 4 rings (SSSR count). The van der Waals surface area contributed by atoms with Crippen molar-refractivity contribution in [2.75, 3.05) is 6.61 Å². The molecule has 4 aromatic rings. The first kappa shape index (κ1) is 23.2. The number of hydrogen-bond donors (Lipinski definition) is 0. The minimum atomic E-state index is -0.567. The molecular weight excluding hydrogens is 430 g/mol. The molecule has 0 aliphatic rings. The Morgan fingerprint density at radius 3 is 2.38 bits per heavy atom. The van der Waals surface area contributed by atoms with Crippen molar-refractivity contribution < 1.29 is 14.3 Å². The number of ether oxygens (including phenoxy) is 1. The molecule has 2 aromatic heterocycles. The van der Waals surface area contributed by atoms with Crippen LogP contribution in [0.25, 0.3) is 10.8 Å². The second-order valence-corrected chi connectivity index (χ2v) is 8.35. The Hall–Kier alpha value is -4.00. The lowest BCUT2D eigenvalue weighted by atomic mass is 10.1. The van der Waals surface area contributed by atoms with Crippen LogP contribution < -0.4 is 5.56 Å². The second kappa shape index (κ2) is 9.87. The number of carbonyl (C=O) groups is 2. The van der Waals surface area contributed by atoms with Crippen molar-refractivity contribution in [3.05, 3.63) is 99.2 Å². The predicted molar refractivity (Wildman–Crippen MR) is 130 cm³/mol. The Balaban J connectivity index is 1.41. The number of nitrogens with zero attached hydrogens (tertiary/aromatic N) is 3. The van der Waals surface area contributed by atoms with E-state index in [1.54, 1.807) is 31.3 Å². The van der Waals surface area contributed by atoms with Crippen molar-refractivity contribution >= 4 is 22.5 Å². The van der Waals surface area contributed by atoms with Crippen LogP contribution in [0, 0.1) is 13.8 Å². The monoisotopic (exact) mass is 457 g/mol. The molecular formula is C27H27N3O4. The maximum Gasteiger partial charge on any atom is 0.312 e. The number of fused-ring (bicyclic) bond motifs is 1. The molecule has 0 unspecified atom stereocenters. The van der Waals surface area contributed by atoms with E-state index in [4.69, 9.17) is 4.74 Å². The summed E-state index contributed by atoms with van der Waals surface area (Å²) in [5.41, 5.74) is 3.85. The minimum Gasteiger partial charge on any atom is -0.457 e. The number of ketones is 1. The zero-order chi connectivity index (χ0) is 24.2. The van der Waals surface area contributed by atoms with E-state index in [-0.39, 0.29) is 24.4 Å². The Morgan fingerprint density at radius 1 is 0.971 bits per heavy atom. The number of aryl methyl sites for hydroxylation is 3. The van der Waals surface area contributed by atoms with Crippen LogP contribution in [0.3, 0.4) is 0 Å². The molecule has 7 nitrogen and oxygen atoms in total. The summed E-state index contributed by atoms with van der Waals surface area (Å²) in [6, 6.07) is 19.0. The van der Waals surface area contributed by atoms with E-state index in [0.29, 0.717) is 22.0 Å². The lowest BCUT2D eigenvalue weighted by molar-refractivity contribution is -0.141. The smallest absolute Gasteiger partial charge is 0.312 e. The van der Waals surface area contributed by atoms with Gasteiger partial charge in [-0.2, -0.15) is 5.10 Å². The maximum atomic E-state index is 12.8. The van der Waals surface area contributed by atoms with Crippen LogP contribution in [-0.2, 0) is 36.0 Å². The summed E-state index contributed by atoms with van der Waals surface area (Å²) in [5, 5.41) is 5.31. The molecule has 0 fully saturated rings. The Morgan fingerprint density at radius 2 is 1.65 bits per heavy atom. The first-order chi connectivity index (χ1) is 16.3. The van der Waals surface area contributed by atoms with Gasteiger partial charge in [0.25, 0.3) is 5.56 Å². The molecule has 34 heavy (non-hydrogen) atoms. The SMILES string of the molecule is Cc1cc(C(=O)COC(=O)Cc2nn(C)c(=O)c3ccccc23)c(C)n1CCc1ccccc1. The van der Waals surface area contributed by atoms with Crippen LogP contribution in [0.2, 0.25) is 0 Å². The highest BCUT2D eigenvalue weighted by Gasteiger charge is 2.19. The van der Waals surface area contributed by atoms with Crippen LogP contribution in [0.5, 0.6) is 0 Å².